The normalized spacial score (nSPS) is 15.5. The second-order valence-electron chi connectivity index (χ2n) is 7.25. The van der Waals surface area contributed by atoms with Crippen LogP contribution in [0.3, 0.4) is 0 Å². The number of thiazole rings is 1. The highest BCUT2D eigenvalue weighted by atomic mass is 32.2. The summed E-state index contributed by atoms with van der Waals surface area (Å²) in [6.45, 7) is 3.46. The number of anilines is 1. The highest BCUT2D eigenvalue weighted by molar-refractivity contribution is 7.99. The van der Waals surface area contributed by atoms with Crippen LogP contribution in [-0.4, -0.2) is 61.7 Å². The molecular formula is C21H24N6O4S2. The summed E-state index contributed by atoms with van der Waals surface area (Å²) in [6.07, 6.45) is 5.63. The van der Waals surface area contributed by atoms with E-state index >= 15 is 0 Å². The maximum absolute atomic E-state index is 12.5. The molecule has 1 aliphatic heterocycles. The first-order chi connectivity index (χ1) is 16.1. The minimum atomic E-state index is -0.341. The minimum absolute atomic E-state index is 0.0824. The van der Waals surface area contributed by atoms with E-state index in [0.29, 0.717) is 29.1 Å². The van der Waals surface area contributed by atoms with E-state index in [0.717, 1.165) is 30.8 Å². The number of nitrogens with zero attached hydrogens (tertiary/aromatic N) is 5. The van der Waals surface area contributed by atoms with Gasteiger partial charge in [0, 0.05) is 29.9 Å². The number of rotatable bonds is 10. The lowest BCUT2D eigenvalue weighted by Gasteiger charge is -2.14. The first-order valence-corrected chi connectivity index (χ1v) is 12.5. The van der Waals surface area contributed by atoms with Crippen LogP contribution in [0.25, 0.3) is 11.4 Å². The van der Waals surface area contributed by atoms with Gasteiger partial charge in [-0.3, -0.25) is 19.1 Å². The monoisotopic (exact) mass is 488 g/mol. The van der Waals surface area contributed by atoms with Crippen LogP contribution in [0.2, 0.25) is 0 Å². The Balaban J connectivity index is 1.39. The number of thioether (sulfide) groups is 1. The van der Waals surface area contributed by atoms with Crippen molar-refractivity contribution in [3.63, 3.8) is 0 Å². The third kappa shape index (κ3) is 6.36. The molecule has 0 radical (unpaired) electrons. The Bertz CT molecular complexity index is 1080. The van der Waals surface area contributed by atoms with Crippen molar-refractivity contribution in [3.8, 4) is 11.4 Å². The fraction of sp³-hybridized carbons (Fsp3) is 0.429. The van der Waals surface area contributed by atoms with Crippen LogP contribution in [0.15, 0.2) is 35.1 Å². The van der Waals surface area contributed by atoms with Crippen molar-refractivity contribution in [2.24, 2.45) is 0 Å². The minimum Gasteiger partial charge on any atom is -0.466 e. The third-order valence-electron chi connectivity index (χ3n) is 4.83. The van der Waals surface area contributed by atoms with Crippen molar-refractivity contribution in [1.29, 1.82) is 0 Å². The lowest BCUT2D eigenvalue weighted by Crippen LogP contribution is -2.18. The Kier molecular flexibility index (Phi) is 8.02. The van der Waals surface area contributed by atoms with Gasteiger partial charge < -0.3 is 14.8 Å². The van der Waals surface area contributed by atoms with E-state index in [-0.39, 0.29) is 30.2 Å². The molecule has 0 saturated carbocycles. The van der Waals surface area contributed by atoms with Gasteiger partial charge in [-0.15, -0.1) is 21.5 Å². The average Bonchev–Trinajstić information content (AvgIpc) is 3.56. The molecule has 0 spiro atoms. The molecule has 0 aromatic carbocycles. The number of pyridine rings is 1. The summed E-state index contributed by atoms with van der Waals surface area (Å²) in [4.78, 5) is 32.4. The highest BCUT2D eigenvalue weighted by Gasteiger charge is 2.22. The topological polar surface area (TPSA) is 121 Å². The summed E-state index contributed by atoms with van der Waals surface area (Å²) >= 11 is 2.58. The van der Waals surface area contributed by atoms with Gasteiger partial charge in [-0.05, 0) is 31.9 Å². The lowest BCUT2D eigenvalue weighted by atomic mass is 10.2. The lowest BCUT2D eigenvalue weighted by molar-refractivity contribution is -0.142. The van der Waals surface area contributed by atoms with Crippen LogP contribution >= 0.6 is 23.1 Å². The number of hydrogen-bond donors (Lipinski definition) is 1. The van der Waals surface area contributed by atoms with Gasteiger partial charge >= 0.3 is 5.97 Å². The highest BCUT2D eigenvalue weighted by Crippen LogP contribution is 2.26. The maximum atomic E-state index is 12.5. The van der Waals surface area contributed by atoms with E-state index < -0.39 is 0 Å². The summed E-state index contributed by atoms with van der Waals surface area (Å²) in [6, 6.07) is 3.76. The number of carbonyl (C=O) groups is 2. The van der Waals surface area contributed by atoms with Crippen molar-refractivity contribution in [2.45, 2.75) is 44.0 Å². The molecule has 4 rings (SSSR count). The second kappa shape index (κ2) is 11.3. The van der Waals surface area contributed by atoms with E-state index in [4.69, 9.17) is 9.47 Å². The number of esters is 1. The van der Waals surface area contributed by atoms with Crippen LogP contribution in [0.1, 0.15) is 25.5 Å². The molecule has 1 atom stereocenters. The first kappa shape index (κ1) is 23.3. The van der Waals surface area contributed by atoms with Gasteiger partial charge in [-0.1, -0.05) is 11.8 Å². The predicted octanol–water partition coefficient (Wildman–Crippen LogP) is 2.81. The molecule has 174 valence electrons. The SMILES string of the molecule is CCOC(=O)Cc1csc(NC(=O)CSc2nnc(-c3ccncc3)n2C[C@@H]2CCCO2)n1. The quantitative estimate of drug-likeness (QED) is 0.339. The standard InChI is InChI=1S/C21H24N6O4S2/c1-2-30-18(29)10-15-12-32-20(23-15)24-17(28)13-33-21-26-25-19(14-5-7-22-8-6-14)27(21)11-16-4-3-9-31-16/h5-8,12,16H,2-4,9-11,13H2,1H3,(H,23,24,28)/t16-/m0/s1. The predicted molar refractivity (Wildman–Crippen MR) is 124 cm³/mol. The zero-order valence-electron chi connectivity index (χ0n) is 18.1. The van der Waals surface area contributed by atoms with Crippen molar-refractivity contribution in [3.05, 3.63) is 35.6 Å². The molecule has 10 nitrogen and oxygen atoms in total. The molecule has 0 aliphatic carbocycles. The van der Waals surface area contributed by atoms with Gasteiger partial charge in [0.15, 0.2) is 16.1 Å². The van der Waals surface area contributed by atoms with Gasteiger partial charge in [-0.25, -0.2) is 4.98 Å². The van der Waals surface area contributed by atoms with E-state index in [1.165, 1.54) is 23.1 Å². The Hall–Kier alpha value is -2.83. The summed E-state index contributed by atoms with van der Waals surface area (Å²) in [7, 11) is 0. The third-order valence-corrected chi connectivity index (χ3v) is 6.60. The van der Waals surface area contributed by atoms with Crippen LogP contribution in [-0.2, 0) is 32.0 Å². The maximum Gasteiger partial charge on any atom is 0.311 e. The smallest absolute Gasteiger partial charge is 0.311 e. The molecule has 3 aromatic rings. The molecule has 1 aliphatic rings. The van der Waals surface area contributed by atoms with Crippen molar-refractivity contribution in [1.82, 2.24) is 24.7 Å². The van der Waals surface area contributed by atoms with Gasteiger partial charge in [0.05, 0.1) is 37.1 Å². The Labute approximate surface area is 199 Å². The zero-order valence-corrected chi connectivity index (χ0v) is 19.7. The Morgan fingerprint density at radius 3 is 2.94 bits per heavy atom. The second-order valence-corrected chi connectivity index (χ2v) is 9.05. The van der Waals surface area contributed by atoms with E-state index in [9.17, 15) is 9.59 Å². The van der Waals surface area contributed by atoms with Crippen LogP contribution in [0.5, 0.6) is 0 Å². The van der Waals surface area contributed by atoms with Crippen LogP contribution in [0.4, 0.5) is 5.13 Å². The molecule has 1 N–H and O–H groups in total. The number of nitrogens with one attached hydrogen (secondary N) is 1. The van der Waals surface area contributed by atoms with Gasteiger partial charge in [0.1, 0.15) is 0 Å². The molecule has 0 bridgehead atoms. The largest absolute Gasteiger partial charge is 0.466 e. The number of aromatic nitrogens is 5. The molecule has 1 amide bonds. The molecule has 0 unspecified atom stereocenters. The molecular weight excluding hydrogens is 464 g/mol. The molecule has 1 fully saturated rings. The van der Waals surface area contributed by atoms with E-state index in [1.54, 1.807) is 24.7 Å². The Morgan fingerprint density at radius 1 is 1.33 bits per heavy atom. The van der Waals surface area contributed by atoms with E-state index in [1.807, 2.05) is 16.7 Å². The molecule has 1 saturated heterocycles. The molecule has 12 heteroatoms. The van der Waals surface area contributed by atoms with Gasteiger partial charge in [0.2, 0.25) is 5.91 Å². The fourth-order valence-electron chi connectivity index (χ4n) is 3.36. The average molecular weight is 489 g/mol. The van der Waals surface area contributed by atoms with Crippen LogP contribution in [0, 0.1) is 0 Å². The van der Waals surface area contributed by atoms with E-state index in [2.05, 4.69) is 25.5 Å². The first-order valence-electron chi connectivity index (χ1n) is 10.6. The molecule has 4 heterocycles. The van der Waals surface area contributed by atoms with Crippen molar-refractivity contribution in [2.75, 3.05) is 24.3 Å². The Morgan fingerprint density at radius 2 is 2.18 bits per heavy atom. The summed E-state index contributed by atoms with van der Waals surface area (Å²) < 4.78 is 12.7. The molecule has 3 aromatic heterocycles. The number of amides is 1. The number of hydrogen-bond acceptors (Lipinski definition) is 10. The van der Waals surface area contributed by atoms with Crippen LogP contribution < -0.4 is 5.32 Å². The zero-order chi connectivity index (χ0) is 23.0. The van der Waals surface area contributed by atoms with Crippen molar-refractivity contribution < 1.29 is 19.1 Å². The number of ether oxygens (including phenoxy) is 2. The fourth-order valence-corrected chi connectivity index (χ4v) is 4.83. The van der Waals surface area contributed by atoms with Gasteiger partial charge in [-0.2, -0.15) is 0 Å². The summed E-state index contributed by atoms with van der Waals surface area (Å²) in [5, 5.41) is 14.3. The van der Waals surface area contributed by atoms with Crippen molar-refractivity contribution >= 4 is 40.1 Å². The summed E-state index contributed by atoms with van der Waals surface area (Å²) in [5.41, 5.74) is 1.48. The van der Waals surface area contributed by atoms with Gasteiger partial charge in [0.25, 0.3) is 0 Å². The summed E-state index contributed by atoms with van der Waals surface area (Å²) in [5.74, 6) is 0.313. The molecule has 33 heavy (non-hydrogen) atoms. The number of carbonyl (C=O) groups excluding carboxylic acids is 2.